The SMILES string of the molecule is CCN(CC)C(=O)CN(C)C(=O)c1ccc(Cl)cc1O. The van der Waals surface area contributed by atoms with Crippen LogP contribution >= 0.6 is 11.6 Å². The predicted molar refractivity (Wildman–Crippen MR) is 78.0 cm³/mol. The van der Waals surface area contributed by atoms with Gasteiger partial charge in [0.2, 0.25) is 5.91 Å². The van der Waals surface area contributed by atoms with Crippen LogP contribution in [0.2, 0.25) is 5.02 Å². The normalized spacial score (nSPS) is 10.2. The maximum Gasteiger partial charge on any atom is 0.257 e. The molecule has 20 heavy (non-hydrogen) atoms. The van der Waals surface area contributed by atoms with Gasteiger partial charge in [-0.05, 0) is 32.0 Å². The standard InChI is InChI=1S/C14H19ClN2O3/c1-4-17(5-2)13(19)9-16(3)14(20)11-7-6-10(15)8-12(11)18/h6-8,18H,4-5,9H2,1-3H3. The van der Waals surface area contributed by atoms with Gasteiger partial charge in [0, 0.05) is 25.2 Å². The highest BCUT2D eigenvalue weighted by atomic mass is 35.5. The number of likely N-dealkylation sites (N-methyl/N-ethyl adjacent to an activating group) is 2. The van der Waals surface area contributed by atoms with Gasteiger partial charge in [0.15, 0.2) is 0 Å². The van der Waals surface area contributed by atoms with Crippen molar-refractivity contribution in [2.75, 3.05) is 26.7 Å². The van der Waals surface area contributed by atoms with Gasteiger partial charge in [0.05, 0.1) is 12.1 Å². The number of phenols is 1. The summed E-state index contributed by atoms with van der Waals surface area (Å²) >= 11 is 5.72. The molecule has 0 bridgehead atoms. The number of aromatic hydroxyl groups is 1. The summed E-state index contributed by atoms with van der Waals surface area (Å²) in [5, 5.41) is 10.1. The van der Waals surface area contributed by atoms with Crippen LogP contribution in [0, 0.1) is 0 Å². The third-order valence-corrected chi connectivity index (χ3v) is 3.26. The molecule has 0 fully saturated rings. The number of nitrogens with zero attached hydrogens (tertiary/aromatic N) is 2. The first kappa shape index (κ1) is 16.3. The lowest BCUT2D eigenvalue weighted by molar-refractivity contribution is -0.131. The topological polar surface area (TPSA) is 60.9 Å². The Labute approximate surface area is 123 Å². The second kappa shape index (κ2) is 7.14. The van der Waals surface area contributed by atoms with Crippen LogP contribution < -0.4 is 0 Å². The van der Waals surface area contributed by atoms with E-state index < -0.39 is 5.91 Å². The summed E-state index contributed by atoms with van der Waals surface area (Å²) in [7, 11) is 1.53. The largest absolute Gasteiger partial charge is 0.507 e. The van der Waals surface area contributed by atoms with Crippen molar-refractivity contribution in [2.45, 2.75) is 13.8 Å². The van der Waals surface area contributed by atoms with E-state index in [4.69, 9.17) is 11.6 Å². The van der Waals surface area contributed by atoms with E-state index in [0.717, 1.165) is 0 Å². The number of carbonyl (C=O) groups excluding carboxylic acids is 2. The van der Waals surface area contributed by atoms with Crippen LogP contribution in [0.4, 0.5) is 0 Å². The smallest absolute Gasteiger partial charge is 0.257 e. The van der Waals surface area contributed by atoms with E-state index >= 15 is 0 Å². The molecule has 0 unspecified atom stereocenters. The van der Waals surface area contributed by atoms with Gasteiger partial charge in [-0.3, -0.25) is 9.59 Å². The Bertz CT molecular complexity index is 501. The van der Waals surface area contributed by atoms with E-state index in [1.165, 1.54) is 30.1 Å². The van der Waals surface area contributed by atoms with Crippen LogP contribution in [-0.4, -0.2) is 53.4 Å². The second-order valence-corrected chi connectivity index (χ2v) is 4.83. The van der Waals surface area contributed by atoms with E-state index in [0.29, 0.717) is 18.1 Å². The summed E-state index contributed by atoms with van der Waals surface area (Å²) in [6, 6.07) is 4.27. The third-order valence-electron chi connectivity index (χ3n) is 3.03. The number of halogens is 1. The van der Waals surface area contributed by atoms with Crippen molar-refractivity contribution in [3.8, 4) is 5.75 Å². The molecule has 6 heteroatoms. The molecule has 0 radical (unpaired) electrons. The van der Waals surface area contributed by atoms with Crippen molar-refractivity contribution >= 4 is 23.4 Å². The van der Waals surface area contributed by atoms with Gasteiger partial charge < -0.3 is 14.9 Å². The second-order valence-electron chi connectivity index (χ2n) is 4.39. The zero-order valence-corrected chi connectivity index (χ0v) is 12.6. The molecule has 2 amide bonds. The van der Waals surface area contributed by atoms with Crippen molar-refractivity contribution in [3.63, 3.8) is 0 Å². The lowest BCUT2D eigenvalue weighted by Crippen LogP contribution is -2.41. The molecule has 110 valence electrons. The predicted octanol–water partition coefficient (Wildman–Crippen LogP) is 1.99. The van der Waals surface area contributed by atoms with Crippen LogP contribution in [0.1, 0.15) is 24.2 Å². The molecule has 0 saturated carbocycles. The Morgan fingerprint density at radius 1 is 1.25 bits per heavy atom. The van der Waals surface area contributed by atoms with Gasteiger partial charge in [0.25, 0.3) is 5.91 Å². The van der Waals surface area contributed by atoms with E-state index in [-0.39, 0.29) is 23.8 Å². The van der Waals surface area contributed by atoms with Gasteiger partial charge in [-0.1, -0.05) is 11.6 Å². The average Bonchev–Trinajstić information content (AvgIpc) is 2.39. The molecule has 1 aromatic rings. The van der Waals surface area contributed by atoms with Gasteiger partial charge in [0.1, 0.15) is 5.75 Å². The molecular weight excluding hydrogens is 280 g/mol. The summed E-state index contributed by atoms with van der Waals surface area (Å²) in [5.41, 5.74) is 0.129. The quantitative estimate of drug-likeness (QED) is 0.904. The summed E-state index contributed by atoms with van der Waals surface area (Å²) in [6.45, 7) is 4.94. The van der Waals surface area contributed by atoms with Crippen LogP contribution in [0.3, 0.4) is 0 Å². The number of phenolic OH excluding ortho intramolecular Hbond substituents is 1. The lowest BCUT2D eigenvalue weighted by atomic mass is 10.2. The van der Waals surface area contributed by atoms with E-state index in [1.54, 1.807) is 4.90 Å². The molecule has 0 heterocycles. The summed E-state index contributed by atoms with van der Waals surface area (Å²) in [4.78, 5) is 27.0. The van der Waals surface area contributed by atoms with Crippen molar-refractivity contribution in [3.05, 3.63) is 28.8 Å². The number of hydrogen-bond acceptors (Lipinski definition) is 3. The van der Waals surface area contributed by atoms with Crippen LogP contribution in [0.25, 0.3) is 0 Å². The van der Waals surface area contributed by atoms with E-state index in [1.807, 2.05) is 13.8 Å². The number of amides is 2. The van der Waals surface area contributed by atoms with Crippen LogP contribution in [0.15, 0.2) is 18.2 Å². The monoisotopic (exact) mass is 298 g/mol. The van der Waals surface area contributed by atoms with Gasteiger partial charge >= 0.3 is 0 Å². The Hall–Kier alpha value is -1.75. The maximum absolute atomic E-state index is 12.2. The molecule has 5 nitrogen and oxygen atoms in total. The van der Waals surface area contributed by atoms with Gasteiger partial charge in [-0.15, -0.1) is 0 Å². The molecule has 0 aromatic heterocycles. The summed E-state index contributed by atoms with van der Waals surface area (Å²) in [5.74, 6) is -0.733. The first-order chi connectivity index (χ1) is 9.40. The molecule has 0 saturated heterocycles. The summed E-state index contributed by atoms with van der Waals surface area (Å²) < 4.78 is 0. The Morgan fingerprint density at radius 3 is 2.35 bits per heavy atom. The molecule has 1 rings (SSSR count). The molecule has 1 N–H and O–H groups in total. The highest BCUT2D eigenvalue weighted by molar-refractivity contribution is 6.30. The first-order valence-corrected chi connectivity index (χ1v) is 6.80. The fourth-order valence-corrected chi connectivity index (χ4v) is 2.01. The van der Waals surface area contributed by atoms with E-state index in [2.05, 4.69) is 0 Å². The van der Waals surface area contributed by atoms with Crippen LogP contribution in [-0.2, 0) is 4.79 Å². The number of carbonyl (C=O) groups is 2. The number of benzene rings is 1. The Morgan fingerprint density at radius 2 is 1.85 bits per heavy atom. The van der Waals surface area contributed by atoms with Gasteiger partial charge in [-0.2, -0.15) is 0 Å². The molecule has 0 aliphatic rings. The fourth-order valence-electron chi connectivity index (χ4n) is 1.84. The Balaban J connectivity index is 2.79. The van der Waals surface area contributed by atoms with E-state index in [9.17, 15) is 14.7 Å². The molecule has 0 atom stereocenters. The average molecular weight is 299 g/mol. The van der Waals surface area contributed by atoms with Crippen molar-refractivity contribution < 1.29 is 14.7 Å². The van der Waals surface area contributed by atoms with Crippen molar-refractivity contribution in [2.24, 2.45) is 0 Å². The summed E-state index contributed by atoms with van der Waals surface area (Å²) in [6.07, 6.45) is 0. The highest BCUT2D eigenvalue weighted by Gasteiger charge is 2.20. The minimum Gasteiger partial charge on any atom is -0.507 e. The molecule has 0 spiro atoms. The molecule has 0 aliphatic carbocycles. The minimum atomic E-state index is -0.417. The molecular formula is C14H19ClN2O3. The Kier molecular flexibility index (Phi) is 5.82. The number of hydrogen-bond donors (Lipinski definition) is 1. The lowest BCUT2D eigenvalue weighted by Gasteiger charge is -2.23. The third kappa shape index (κ3) is 3.87. The zero-order chi connectivity index (χ0) is 15.3. The highest BCUT2D eigenvalue weighted by Crippen LogP contribution is 2.22. The first-order valence-electron chi connectivity index (χ1n) is 6.42. The van der Waals surface area contributed by atoms with Crippen molar-refractivity contribution in [1.82, 2.24) is 9.80 Å². The van der Waals surface area contributed by atoms with Gasteiger partial charge in [-0.25, -0.2) is 0 Å². The minimum absolute atomic E-state index is 0.0252. The zero-order valence-electron chi connectivity index (χ0n) is 11.9. The van der Waals surface area contributed by atoms with Crippen molar-refractivity contribution in [1.29, 1.82) is 0 Å². The number of rotatable bonds is 5. The molecule has 1 aromatic carbocycles. The molecule has 0 aliphatic heterocycles. The maximum atomic E-state index is 12.2. The van der Waals surface area contributed by atoms with Crippen LogP contribution in [0.5, 0.6) is 5.75 Å². The fraction of sp³-hybridized carbons (Fsp3) is 0.429.